The summed E-state index contributed by atoms with van der Waals surface area (Å²) in [4.78, 5) is 26.2. The summed E-state index contributed by atoms with van der Waals surface area (Å²) in [6.07, 6.45) is 1.80. The number of carbonyl (C=O) groups is 2. The van der Waals surface area contributed by atoms with E-state index in [0.29, 0.717) is 6.54 Å². The number of hydrogen-bond donors (Lipinski definition) is 1. The Bertz CT molecular complexity index is 533. The normalized spacial score (nSPS) is 19.3. The summed E-state index contributed by atoms with van der Waals surface area (Å²) >= 11 is 0. The van der Waals surface area contributed by atoms with Crippen LogP contribution in [0.15, 0.2) is 6.07 Å². The summed E-state index contributed by atoms with van der Waals surface area (Å²) in [7, 11) is 3.61. The van der Waals surface area contributed by atoms with Crippen molar-refractivity contribution >= 4 is 11.7 Å². The predicted octanol–water partition coefficient (Wildman–Crippen LogP) is 1.04. The molecule has 5 heteroatoms. The number of likely N-dealkylation sites (tertiary alicyclic amines) is 1. The highest BCUT2D eigenvalue weighted by Gasteiger charge is 2.31. The number of ketones is 1. The van der Waals surface area contributed by atoms with Crippen molar-refractivity contribution in [2.24, 2.45) is 7.05 Å². The largest absolute Gasteiger partial charge is 0.358 e. The summed E-state index contributed by atoms with van der Waals surface area (Å²) in [6.45, 7) is 5.09. The van der Waals surface area contributed by atoms with Crippen molar-refractivity contribution < 1.29 is 9.59 Å². The molecule has 1 N–H and O–H groups in total. The Hall–Kier alpha value is -1.62. The van der Waals surface area contributed by atoms with Gasteiger partial charge in [0.25, 0.3) is 0 Å². The Labute approximate surface area is 119 Å². The lowest BCUT2D eigenvalue weighted by atomic mass is 10.1. The topological polar surface area (TPSA) is 54.3 Å². The molecule has 1 unspecified atom stereocenters. The quantitative estimate of drug-likeness (QED) is 0.837. The molecule has 1 amide bonds. The molecule has 0 spiro atoms. The van der Waals surface area contributed by atoms with E-state index in [0.717, 1.165) is 36.3 Å². The molecule has 2 rings (SSSR count). The number of nitrogens with zero attached hydrogens (tertiary/aromatic N) is 2. The van der Waals surface area contributed by atoms with E-state index in [4.69, 9.17) is 0 Å². The standard InChI is InChI=1S/C15H23N3O2/c1-10-8-12(11(2)17(10)4)14(19)9-18-7-5-6-13(18)15(20)16-3/h8,13H,5-7,9H2,1-4H3,(H,16,20). The minimum absolute atomic E-state index is 0.0104. The number of aryl methyl sites for hydroxylation is 1. The molecule has 0 radical (unpaired) electrons. The van der Waals surface area contributed by atoms with Gasteiger partial charge in [-0.1, -0.05) is 0 Å². The fourth-order valence-corrected chi connectivity index (χ4v) is 2.89. The first-order valence-electron chi connectivity index (χ1n) is 7.07. The lowest BCUT2D eigenvalue weighted by Crippen LogP contribution is -2.44. The van der Waals surface area contributed by atoms with Crippen LogP contribution in [0.25, 0.3) is 0 Å². The number of likely N-dealkylation sites (N-methyl/N-ethyl adjacent to an activating group) is 1. The minimum Gasteiger partial charge on any atom is -0.358 e. The molecule has 1 fully saturated rings. The predicted molar refractivity (Wildman–Crippen MR) is 77.9 cm³/mol. The van der Waals surface area contributed by atoms with Crippen LogP contribution in [0, 0.1) is 13.8 Å². The second-order valence-electron chi connectivity index (χ2n) is 5.51. The van der Waals surface area contributed by atoms with Crippen molar-refractivity contribution in [3.8, 4) is 0 Å². The molecule has 1 aromatic rings. The number of hydrogen-bond acceptors (Lipinski definition) is 3. The van der Waals surface area contributed by atoms with Crippen LogP contribution in [0.5, 0.6) is 0 Å². The molecule has 1 atom stereocenters. The van der Waals surface area contributed by atoms with Crippen molar-refractivity contribution in [1.82, 2.24) is 14.8 Å². The van der Waals surface area contributed by atoms with Crippen LogP contribution in [0.4, 0.5) is 0 Å². The number of Topliss-reactive ketones (excluding diaryl/α,β-unsaturated/α-hetero) is 1. The summed E-state index contributed by atoms with van der Waals surface area (Å²) in [6, 6.07) is 1.77. The van der Waals surface area contributed by atoms with Crippen LogP contribution in [-0.2, 0) is 11.8 Å². The summed E-state index contributed by atoms with van der Waals surface area (Å²) in [5.41, 5.74) is 2.84. The maximum atomic E-state index is 12.5. The van der Waals surface area contributed by atoms with Gasteiger partial charge in [-0.25, -0.2) is 0 Å². The van der Waals surface area contributed by atoms with E-state index in [2.05, 4.69) is 5.32 Å². The van der Waals surface area contributed by atoms with Gasteiger partial charge in [0.05, 0.1) is 12.6 Å². The van der Waals surface area contributed by atoms with Crippen LogP contribution in [0.1, 0.15) is 34.6 Å². The summed E-state index contributed by atoms with van der Waals surface area (Å²) in [5, 5.41) is 2.68. The Morgan fingerprint density at radius 2 is 2.10 bits per heavy atom. The fourth-order valence-electron chi connectivity index (χ4n) is 2.89. The van der Waals surface area contributed by atoms with Crippen molar-refractivity contribution in [2.45, 2.75) is 32.7 Å². The average molecular weight is 277 g/mol. The average Bonchev–Trinajstić information content (AvgIpc) is 2.98. The monoisotopic (exact) mass is 277 g/mol. The van der Waals surface area contributed by atoms with Crippen LogP contribution in [0.2, 0.25) is 0 Å². The van der Waals surface area contributed by atoms with Crippen LogP contribution in [0.3, 0.4) is 0 Å². The molecule has 110 valence electrons. The van der Waals surface area contributed by atoms with Gasteiger partial charge in [-0.3, -0.25) is 14.5 Å². The van der Waals surface area contributed by atoms with E-state index in [1.165, 1.54) is 0 Å². The zero-order chi connectivity index (χ0) is 14.9. The lowest BCUT2D eigenvalue weighted by molar-refractivity contribution is -0.124. The molecule has 1 aromatic heterocycles. The molecular weight excluding hydrogens is 254 g/mol. The maximum absolute atomic E-state index is 12.5. The van der Waals surface area contributed by atoms with E-state index in [-0.39, 0.29) is 17.7 Å². The number of aromatic nitrogens is 1. The molecule has 1 aliphatic heterocycles. The minimum atomic E-state index is -0.158. The third kappa shape index (κ3) is 2.63. The SMILES string of the molecule is CNC(=O)C1CCCN1CC(=O)c1cc(C)n(C)c1C. The number of rotatable bonds is 4. The van der Waals surface area contributed by atoms with Crippen LogP contribution < -0.4 is 5.32 Å². The number of carbonyl (C=O) groups excluding carboxylic acids is 2. The first-order chi connectivity index (χ1) is 9.45. The molecule has 1 saturated heterocycles. The molecule has 2 heterocycles. The van der Waals surface area contributed by atoms with Gasteiger partial charge in [-0.2, -0.15) is 0 Å². The molecule has 20 heavy (non-hydrogen) atoms. The van der Waals surface area contributed by atoms with Gasteiger partial charge >= 0.3 is 0 Å². The van der Waals surface area contributed by atoms with Gasteiger partial charge in [-0.05, 0) is 39.3 Å². The second-order valence-corrected chi connectivity index (χ2v) is 5.51. The van der Waals surface area contributed by atoms with E-state index in [9.17, 15) is 9.59 Å². The molecule has 1 aliphatic rings. The Morgan fingerprint density at radius 3 is 2.65 bits per heavy atom. The zero-order valence-corrected chi connectivity index (χ0v) is 12.7. The highest BCUT2D eigenvalue weighted by atomic mass is 16.2. The third-order valence-electron chi connectivity index (χ3n) is 4.34. The first-order valence-corrected chi connectivity index (χ1v) is 7.07. The van der Waals surface area contributed by atoms with E-state index in [1.54, 1.807) is 7.05 Å². The fraction of sp³-hybridized carbons (Fsp3) is 0.600. The van der Waals surface area contributed by atoms with Gasteiger partial charge in [0.2, 0.25) is 5.91 Å². The van der Waals surface area contributed by atoms with Gasteiger partial charge in [-0.15, -0.1) is 0 Å². The highest BCUT2D eigenvalue weighted by Crippen LogP contribution is 2.20. The maximum Gasteiger partial charge on any atom is 0.237 e. The highest BCUT2D eigenvalue weighted by molar-refractivity contribution is 5.99. The van der Waals surface area contributed by atoms with Gasteiger partial charge in [0.1, 0.15) is 0 Å². The first kappa shape index (κ1) is 14.8. The summed E-state index contributed by atoms with van der Waals surface area (Å²) in [5.74, 6) is 0.110. The van der Waals surface area contributed by atoms with Crippen LogP contribution >= 0.6 is 0 Å². The summed E-state index contributed by atoms with van der Waals surface area (Å²) < 4.78 is 2.02. The number of amides is 1. The van der Waals surface area contributed by atoms with E-state index < -0.39 is 0 Å². The van der Waals surface area contributed by atoms with E-state index in [1.807, 2.05) is 36.4 Å². The van der Waals surface area contributed by atoms with Gasteiger partial charge in [0.15, 0.2) is 5.78 Å². The molecule has 0 aromatic carbocycles. The van der Waals surface area contributed by atoms with Gasteiger partial charge < -0.3 is 9.88 Å². The third-order valence-corrected chi connectivity index (χ3v) is 4.34. The Morgan fingerprint density at radius 1 is 1.40 bits per heavy atom. The second kappa shape index (κ2) is 5.79. The molecule has 0 aliphatic carbocycles. The van der Waals surface area contributed by atoms with Crippen LogP contribution in [-0.4, -0.2) is 47.3 Å². The van der Waals surface area contributed by atoms with Crippen molar-refractivity contribution in [2.75, 3.05) is 20.1 Å². The smallest absolute Gasteiger partial charge is 0.237 e. The molecule has 0 saturated carbocycles. The zero-order valence-electron chi connectivity index (χ0n) is 12.7. The molecule has 0 bridgehead atoms. The Balaban J connectivity index is 2.11. The number of nitrogens with one attached hydrogen (secondary N) is 1. The van der Waals surface area contributed by atoms with E-state index >= 15 is 0 Å². The van der Waals surface area contributed by atoms with Crippen molar-refractivity contribution in [3.63, 3.8) is 0 Å². The Kier molecular flexibility index (Phi) is 4.28. The molecule has 5 nitrogen and oxygen atoms in total. The van der Waals surface area contributed by atoms with Crippen molar-refractivity contribution in [3.05, 3.63) is 23.0 Å². The lowest BCUT2D eigenvalue weighted by Gasteiger charge is -2.22. The van der Waals surface area contributed by atoms with Crippen molar-refractivity contribution in [1.29, 1.82) is 0 Å². The van der Waals surface area contributed by atoms with Gasteiger partial charge in [0, 0.05) is 31.0 Å². The molecular formula is C15H23N3O2.